The third-order valence-corrected chi connectivity index (χ3v) is 4.51. The van der Waals surface area contributed by atoms with E-state index in [0.717, 1.165) is 16.7 Å². The minimum absolute atomic E-state index is 0.343. The van der Waals surface area contributed by atoms with Gasteiger partial charge in [0.15, 0.2) is 6.10 Å². The maximum absolute atomic E-state index is 12.4. The molecule has 0 aliphatic rings. The van der Waals surface area contributed by atoms with Crippen LogP contribution in [0.1, 0.15) is 29.8 Å². The molecule has 0 unspecified atom stereocenters. The fourth-order valence-corrected chi connectivity index (χ4v) is 2.93. The Balaban J connectivity index is 1.60. The average molecular weight is 417 g/mol. The number of carbonyl (C=O) groups excluding carboxylic acids is 3. The Bertz CT molecular complexity index is 1090. The number of esters is 2. The van der Waals surface area contributed by atoms with E-state index in [4.69, 9.17) is 9.47 Å². The SMILES string of the molecule is CC(=O)Oc1ccc(-c2ccc(C(=O)O[C@H](C)C(=O)Nc3cccc(C)c3)cc2)cc1. The van der Waals surface area contributed by atoms with Crippen molar-refractivity contribution < 1.29 is 23.9 Å². The Morgan fingerprint density at radius 1 is 0.871 bits per heavy atom. The summed E-state index contributed by atoms with van der Waals surface area (Å²) in [5.74, 6) is -0.890. The number of hydrogen-bond acceptors (Lipinski definition) is 5. The summed E-state index contributed by atoms with van der Waals surface area (Å²) in [6.45, 7) is 4.80. The average Bonchev–Trinajstić information content (AvgIpc) is 2.74. The molecule has 0 heterocycles. The van der Waals surface area contributed by atoms with Gasteiger partial charge in [0.25, 0.3) is 5.91 Å². The first-order valence-electron chi connectivity index (χ1n) is 9.79. The molecule has 1 amide bonds. The summed E-state index contributed by atoms with van der Waals surface area (Å²) in [6.07, 6.45) is -0.943. The van der Waals surface area contributed by atoms with Crippen LogP contribution in [0, 0.1) is 6.92 Å². The van der Waals surface area contributed by atoms with Crippen molar-refractivity contribution in [2.45, 2.75) is 26.9 Å². The molecular weight excluding hydrogens is 394 g/mol. The van der Waals surface area contributed by atoms with Crippen molar-refractivity contribution in [3.63, 3.8) is 0 Å². The number of nitrogens with one attached hydrogen (secondary N) is 1. The van der Waals surface area contributed by atoms with E-state index in [1.165, 1.54) is 13.8 Å². The van der Waals surface area contributed by atoms with Gasteiger partial charge in [0.1, 0.15) is 5.75 Å². The highest BCUT2D eigenvalue weighted by Crippen LogP contribution is 2.23. The highest BCUT2D eigenvalue weighted by Gasteiger charge is 2.19. The molecule has 0 aromatic heterocycles. The predicted octanol–water partition coefficient (Wildman–Crippen LogP) is 4.77. The molecule has 0 aliphatic heterocycles. The number of ether oxygens (including phenoxy) is 2. The second kappa shape index (κ2) is 9.71. The molecule has 0 radical (unpaired) electrons. The minimum atomic E-state index is -0.943. The summed E-state index contributed by atoms with van der Waals surface area (Å²) in [4.78, 5) is 35.7. The maximum atomic E-state index is 12.4. The van der Waals surface area contributed by atoms with Gasteiger partial charge in [0.2, 0.25) is 0 Å². The Hall–Kier alpha value is -3.93. The second-order valence-electron chi connectivity index (χ2n) is 7.10. The van der Waals surface area contributed by atoms with E-state index in [-0.39, 0.29) is 5.97 Å². The standard InChI is InChI=1S/C25H23NO5/c1-16-5-4-6-22(15-16)26-24(28)17(2)30-25(29)21-9-7-19(8-10-21)20-11-13-23(14-12-20)31-18(3)27/h4-15,17H,1-3H3,(H,26,28)/t17-/m1/s1. The van der Waals surface area contributed by atoms with Gasteiger partial charge >= 0.3 is 11.9 Å². The minimum Gasteiger partial charge on any atom is -0.449 e. The van der Waals surface area contributed by atoms with Crippen LogP contribution < -0.4 is 10.1 Å². The van der Waals surface area contributed by atoms with Crippen LogP contribution in [0.5, 0.6) is 5.75 Å². The smallest absolute Gasteiger partial charge is 0.338 e. The van der Waals surface area contributed by atoms with Crippen molar-refractivity contribution in [3.8, 4) is 16.9 Å². The molecule has 158 valence electrons. The van der Waals surface area contributed by atoms with Crippen LogP contribution in [-0.4, -0.2) is 23.9 Å². The molecule has 1 N–H and O–H groups in total. The van der Waals surface area contributed by atoms with Crippen molar-refractivity contribution in [1.82, 2.24) is 0 Å². The van der Waals surface area contributed by atoms with Gasteiger partial charge in [0, 0.05) is 12.6 Å². The van der Waals surface area contributed by atoms with Crippen LogP contribution in [0.3, 0.4) is 0 Å². The van der Waals surface area contributed by atoms with Crippen molar-refractivity contribution in [3.05, 3.63) is 83.9 Å². The number of benzene rings is 3. The predicted molar refractivity (Wildman–Crippen MR) is 118 cm³/mol. The second-order valence-corrected chi connectivity index (χ2v) is 7.10. The van der Waals surface area contributed by atoms with E-state index in [1.54, 1.807) is 42.5 Å². The summed E-state index contributed by atoms with van der Waals surface area (Å²) in [5.41, 5.74) is 3.80. The lowest BCUT2D eigenvalue weighted by molar-refractivity contribution is -0.131. The van der Waals surface area contributed by atoms with Crippen LogP contribution in [0.4, 0.5) is 5.69 Å². The molecular formula is C25H23NO5. The topological polar surface area (TPSA) is 81.7 Å². The van der Waals surface area contributed by atoms with Crippen molar-refractivity contribution in [1.29, 1.82) is 0 Å². The lowest BCUT2D eigenvalue weighted by atomic mass is 10.0. The quantitative estimate of drug-likeness (QED) is 0.461. The van der Waals surface area contributed by atoms with Gasteiger partial charge in [0.05, 0.1) is 5.56 Å². The molecule has 0 bridgehead atoms. The summed E-state index contributed by atoms with van der Waals surface area (Å²) >= 11 is 0. The molecule has 0 aliphatic carbocycles. The van der Waals surface area contributed by atoms with Crippen LogP contribution in [-0.2, 0) is 14.3 Å². The van der Waals surface area contributed by atoms with Crippen LogP contribution >= 0.6 is 0 Å². The van der Waals surface area contributed by atoms with E-state index in [1.807, 2.05) is 37.3 Å². The largest absolute Gasteiger partial charge is 0.449 e. The third kappa shape index (κ3) is 6.02. The van der Waals surface area contributed by atoms with Crippen LogP contribution in [0.25, 0.3) is 11.1 Å². The number of rotatable bonds is 6. The van der Waals surface area contributed by atoms with Gasteiger partial charge in [-0.15, -0.1) is 0 Å². The monoisotopic (exact) mass is 417 g/mol. The molecule has 3 aromatic carbocycles. The van der Waals surface area contributed by atoms with Crippen molar-refractivity contribution in [2.75, 3.05) is 5.32 Å². The van der Waals surface area contributed by atoms with Crippen LogP contribution in [0.15, 0.2) is 72.8 Å². The number of amides is 1. The molecule has 0 spiro atoms. The Morgan fingerprint density at radius 3 is 2.06 bits per heavy atom. The highest BCUT2D eigenvalue weighted by molar-refractivity contribution is 5.97. The number of aryl methyl sites for hydroxylation is 1. The molecule has 0 fully saturated rings. The zero-order valence-electron chi connectivity index (χ0n) is 17.5. The first kappa shape index (κ1) is 21.8. The number of hydrogen-bond donors (Lipinski definition) is 1. The van der Waals surface area contributed by atoms with E-state index in [2.05, 4.69) is 5.32 Å². The Morgan fingerprint density at radius 2 is 1.48 bits per heavy atom. The highest BCUT2D eigenvalue weighted by atomic mass is 16.5. The fourth-order valence-electron chi connectivity index (χ4n) is 2.93. The van der Waals surface area contributed by atoms with Gasteiger partial charge in [-0.05, 0) is 66.9 Å². The Kier molecular flexibility index (Phi) is 6.82. The molecule has 31 heavy (non-hydrogen) atoms. The molecule has 6 nitrogen and oxygen atoms in total. The number of carbonyl (C=O) groups is 3. The fraction of sp³-hybridized carbons (Fsp3) is 0.160. The molecule has 3 aromatic rings. The summed E-state index contributed by atoms with van der Waals surface area (Å²) in [6, 6.07) is 21.3. The molecule has 6 heteroatoms. The van der Waals surface area contributed by atoms with Gasteiger partial charge < -0.3 is 14.8 Å². The number of anilines is 1. The summed E-state index contributed by atoms with van der Waals surface area (Å²) in [7, 11) is 0. The van der Waals surface area contributed by atoms with E-state index < -0.39 is 18.0 Å². The van der Waals surface area contributed by atoms with Gasteiger partial charge in [-0.3, -0.25) is 9.59 Å². The summed E-state index contributed by atoms with van der Waals surface area (Å²) < 4.78 is 10.3. The molecule has 0 saturated carbocycles. The molecule has 3 rings (SSSR count). The first-order valence-corrected chi connectivity index (χ1v) is 9.79. The van der Waals surface area contributed by atoms with Crippen molar-refractivity contribution in [2.24, 2.45) is 0 Å². The van der Waals surface area contributed by atoms with Crippen molar-refractivity contribution >= 4 is 23.5 Å². The van der Waals surface area contributed by atoms with Gasteiger partial charge in [-0.25, -0.2) is 4.79 Å². The van der Waals surface area contributed by atoms with Gasteiger partial charge in [-0.2, -0.15) is 0 Å². The lowest BCUT2D eigenvalue weighted by Crippen LogP contribution is -2.30. The van der Waals surface area contributed by atoms with E-state index in [0.29, 0.717) is 17.0 Å². The zero-order valence-corrected chi connectivity index (χ0v) is 17.5. The summed E-state index contributed by atoms with van der Waals surface area (Å²) in [5, 5.41) is 2.74. The van der Waals surface area contributed by atoms with E-state index in [9.17, 15) is 14.4 Å². The lowest BCUT2D eigenvalue weighted by Gasteiger charge is -2.14. The molecule has 1 atom stereocenters. The normalized spacial score (nSPS) is 11.3. The Labute approximate surface area is 180 Å². The first-order chi connectivity index (χ1) is 14.8. The third-order valence-electron chi connectivity index (χ3n) is 4.51. The van der Waals surface area contributed by atoms with Gasteiger partial charge in [-0.1, -0.05) is 36.4 Å². The van der Waals surface area contributed by atoms with Crippen LogP contribution in [0.2, 0.25) is 0 Å². The van der Waals surface area contributed by atoms with E-state index >= 15 is 0 Å². The zero-order chi connectivity index (χ0) is 22.4. The molecule has 0 saturated heterocycles. The maximum Gasteiger partial charge on any atom is 0.338 e.